The Bertz CT molecular complexity index is 664. The third-order valence-electron chi connectivity index (χ3n) is 3.15. The van der Waals surface area contributed by atoms with Crippen molar-refractivity contribution in [3.8, 4) is 11.5 Å². The Hall–Kier alpha value is -1.66. The predicted octanol–water partition coefficient (Wildman–Crippen LogP) is 3.79. The van der Waals surface area contributed by atoms with Crippen molar-refractivity contribution in [3.63, 3.8) is 0 Å². The smallest absolute Gasteiger partial charge is 0.163 e. The zero-order chi connectivity index (χ0) is 15.6. The van der Waals surface area contributed by atoms with Gasteiger partial charge < -0.3 is 15.2 Å². The molecular formula is C15H14BrF2NO2. The highest BCUT2D eigenvalue weighted by Crippen LogP contribution is 2.35. The molecule has 2 aromatic carbocycles. The van der Waals surface area contributed by atoms with Gasteiger partial charge in [0.25, 0.3) is 0 Å². The van der Waals surface area contributed by atoms with Crippen molar-refractivity contribution in [2.24, 2.45) is 5.73 Å². The maximum Gasteiger partial charge on any atom is 0.163 e. The van der Waals surface area contributed by atoms with E-state index in [0.717, 1.165) is 0 Å². The molecule has 2 N–H and O–H groups in total. The van der Waals surface area contributed by atoms with Crippen LogP contribution in [0.15, 0.2) is 34.8 Å². The highest BCUT2D eigenvalue weighted by atomic mass is 79.9. The number of ether oxygens (including phenoxy) is 2. The molecule has 112 valence electrons. The van der Waals surface area contributed by atoms with Crippen LogP contribution in [-0.2, 0) is 0 Å². The highest BCUT2D eigenvalue weighted by molar-refractivity contribution is 9.10. The summed E-state index contributed by atoms with van der Waals surface area (Å²) in [5, 5.41) is 0. The first kappa shape index (κ1) is 15.7. The standard InChI is InChI=1S/C15H14BrF2NO2/c1-20-12-6-9(11(17)7-13(12)21-2)15(19)8-4-3-5-10(16)14(8)18/h3-7,15H,19H2,1-2H3. The molecule has 6 heteroatoms. The largest absolute Gasteiger partial charge is 0.493 e. The molecule has 0 aliphatic carbocycles. The lowest BCUT2D eigenvalue weighted by molar-refractivity contribution is 0.351. The molecule has 0 saturated heterocycles. The van der Waals surface area contributed by atoms with Crippen molar-refractivity contribution in [1.82, 2.24) is 0 Å². The molecule has 0 aromatic heterocycles. The van der Waals surface area contributed by atoms with Crippen molar-refractivity contribution in [1.29, 1.82) is 0 Å². The Kier molecular flexibility index (Phi) is 4.80. The molecule has 0 radical (unpaired) electrons. The van der Waals surface area contributed by atoms with E-state index in [9.17, 15) is 8.78 Å². The molecule has 0 bridgehead atoms. The van der Waals surface area contributed by atoms with Gasteiger partial charge in [0.05, 0.1) is 24.7 Å². The molecule has 0 fully saturated rings. The Morgan fingerprint density at radius 1 is 1.05 bits per heavy atom. The molecule has 0 aliphatic rings. The number of methoxy groups -OCH3 is 2. The van der Waals surface area contributed by atoms with Crippen LogP contribution >= 0.6 is 15.9 Å². The van der Waals surface area contributed by atoms with Crippen molar-refractivity contribution in [2.45, 2.75) is 6.04 Å². The fourth-order valence-corrected chi connectivity index (χ4v) is 2.42. The van der Waals surface area contributed by atoms with E-state index in [2.05, 4.69) is 15.9 Å². The van der Waals surface area contributed by atoms with Crippen LogP contribution in [0.3, 0.4) is 0 Å². The summed E-state index contributed by atoms with van der Waals surface area (Å²) in [4.78, 5) is 0. The monoisotopic (exact) mass is 357 g/mol. The predicted molar refractivity (Wildman–Crippen MR) is 79.6 cm³/mol. The third-order valence-corrected chi connectivity index (χ3v) is 3.77. The molecule has 0 heterocycles. The summed E-state index contributed by atoms with van der Waals surface area (Å²) < 4.78 is 38.7. The van der Waals surface area contributed by atoms with Gasteiger partial charge in [0.2, 0.25) is 0 Å². The molecule has 0 amide bonds. The van der Waals surface area contributed by atoms with E-state index in [0.29, 0.717) is 5.75 Å². The van der Waals surface area contributed by atoms with Gasteiger partial charge in [-0.3, -0.25) is 0 Å². The molecule has 0 saturated carbocycles. The van der Waals surface area contributed by atoms with Gasteiger partial charge in [-0.1, -0.05) is 12.1 Å². The summed E-state index contributed by atoms with van der Waals surface area (Å²) >= 11 is 3.09. The van der Waals surface area contributed by atoms with Gasteiger partial charge >= 0.3 is 0 Å². The van der Waals surface area contributed by atoms with Gasteiger partial charge in [-0.25, -0.2) is 8.78 Å². The van der Waals surface area contributed by atoms with Crippen molar-refractivity contribution in [2.75, 3.05) is 14.2 Å². The SMILES string of the molecule is COc1cc(F)c(C(N)c2cccc(Br)c2F)cc1OC. The van der Waals surface area contributed by atoms with Crippen LogP contribution in [0.1, 0.15) is 17.2 Å². The molecular weight excluding hydrogens is 344 g/mol. The van der Waals surface area contributed by atoms with E-state index >= 15 is 0 Å². The number of halogens is 3. The normalized spacial score (nSPS) is 12.1. The van der Waals surface area contributed by atoms with E-state index in [4.69, 9.17) is 15.2 Å². The average Bonchev–Trinajstić information content (AvgIpc) is 2.49. The lowest BCUT2D eigenvalue weighted by Crippen LogP contribution is -2.16. The topological polar surface area (TPSA) is 44.5 Å². The van der Waals surface area contributed by atoms with Crippen molar-refractivity contribution >= 4 is 15.9 Å². The summed E-state index contributed by atoms with van der Waals surface area (Å²) in [6.45, 7) is 0. The molecule has 2 aromatic rings. The first-order valence-corrected chi connectivity index (χ1v) is 6.89. The fourth-order valence-electron chi connectivity index (χ4n) is 2.04. The van der Waals surface area contributed by atoms with Crippen LogP contribution in [0.2, 0.25) is 0 Å². The van der Waals surface area contributed by atoms with Gasteiger partial charge in [0.15, 0.2) is 11.5 Å². The molecule has 0 spiro atoms. The van der Waals surface area contributed by atoms with E-state index in [1.165, 1.54) is 32.4 Å². The van der Waals surface area contributed by atoms with Gasteiger partial charge in [0, 0.05) is 17.2 Å². The Morgan fingerprint density at radius 3 is 2.29 bits per heavy atom. The first-order valence-electron chi connectivity index (χ1n) is 6.10. The van der Waals surface area contributed by atoms with Gasteiger partial charge in [-0.15, -0.1) is 0 Å². The van der Waals surface area contributed by atoms with Crippen molar-refractivity contribution in [3.05, 3.63) is 57.6 Å². The van der Waals surface area contributed by atoms with E-state index in [1.54, 1.807) is 12.1 Å². The van der Waals surface area contributed by atoms with Crippen molar-refractivity contribution < 1.29 is 18.3 Å². The summed E-state index contributed by atoms with van der Waals surface area (Å²) in [5.41, 5.74) is 6.32. The summed E-state index contributed by atoms with van der Waals surface area (Å²) in [6, 6.07) is 6.34. The number of hydrogen-bond donors (Lipinski definition) is 1. The molecule has 1 atom stereocenters. The van der Waals surface area contributed by atoms with Gasteiger partial charge in [0.1, 0.15) is 11.6 Å². The first-order chi connectivity index (χ1) is 9.99. The summed E-state index contributed by atoms with van der Waals surface area (Å²) in [5.74, 6) is -0.515. The zero-order valence-electron chi connectivity index (χ0n) is 11.5. The number of hydrogen-bond acceptors (Lipinski definition) is 3. The Morgan fingerprint density at radius 2 is 1.67 bits per heavy atom. The Balaban J connectivity index is 2.53. The zero-order valence-corrected chi connectivity index (χ0v) is 13.1. The van der Waals surface area contributed by atoms with Crippen LogP contribution in [-0.4, -0.2) is 14.2 Å². The van der Waals surface area contributed by atoms with Crippen LogP contribution in [0.4, 0.5) is 8.78 Å². The van der Waals surface area contributed by atoms with Crippen LogP contribution in [0.25, 0.3) is 0 Å². The second-order valence-corrected chi connectivity index (χ2v) is 5.20. The van der Waals surface area contributed by atoms with E-state index in [1.807, 2.05) is 0 Å². The third kappa shape index (κ3) is 3.01. The fraction of sp³-hybridized carbons (Fsp3) is 0.200. The van der Waals surface area contributed by atoms with Crippen LogP contribution in [0.5, 0.6) is 11.5 Å². The lowest BCUT2D eigenvalue weighted by atomic mass is 9.98. The van der Waals surface area contributed by atoms with Gasteiger partial charge in [-0.05, 0) is 28.1 Å². The summed E-state index contributed by atoms with van der Waals surface area (Å²) in [7, 11) is 2.84. The van der Waals surface area contributed by atoms with Crippen LogP contribution < -0.4 is 15.2 Å². The maximum atomic E-state index is 14.2. The molecule has 1 unspecified atom stereocenters. The minimum Gasteiger partial charge on any atom is -0.493 e. The number of rotatable bonds is 4. The molecule has 0 aliphatic heterocycles. The van der Waals surface area contributed by atoms with Crippen LogP contribution in [0, 0.1) is 11.6 Å². The highest BCUT2D eigenvalue weighted by Gasteiger charge is 2.21. The Labute approximate surface area is 129 Å². The molecule has 21 heavy (non-hydrogen) atoms. The van der Waals surface area contributed by atoms with E-state index in [-0.39, 0.29) is 21.3 Å². The molecule has 2 rings (SSSR count). The van der Waals surface area contributed by atoms with E-state index < -0.39 is 17.7 Å². The number of benzene rings is 2. The average molecular weight is 358 g/mol. The minimum atomic E-state index is -0.956. The number of nitrogens with two attached hydrogens (primary N) is 1. The van der Waals surface area contributed by atoms with Gasteiger partial charge in [-0.2, -0.15) is 0 Å². The minimum absolute atomic E-state index is 0.129. The summed E-state index contributed by atoms with van der Waals surface area (Å²) in [6.07, 6.45) is 0. The quantitative estimate of drug-likeness (QED) is 0.905. The second-order valence-electron chi connectivity index (χ2n) is 4.35. The maximum absolute atomic E-state index is 14.2. The lowest BCUT2D eigenvalue weighted by Gasteiger charge is -2.17. The second kappa shape index (κ2) is 6.41. The molecule has 3 nitrogen and oxygen atoms in total.